The summed E-state index contributed by atoms with van der Waals surface area (Å²) in [4.78, 5) is 19.2. The number of aromatic carboxylic acids is 1. The number of aromatic hydroxyl groups is 1. The van der Waals surface area contributed by atoms with Crippen LogP contribution >= 0.6 is 0 Å². The molecule has 4 aromatic rings. The van der Waals surface area contributed by atoms with Gasteiger partial charge in [-0.1, -0.05) is 30.3 Å². The van der Waals surface area contributed by atoms with E-state index in [0.29, 0.717) is 6.07 Å². The molecule has 17 nitrogen and oxygen atoms in total. The minimum Gasteiger partial charge on any atom is -0.504 e. The van der Waals surface area contributed by atoms with E-state index in [9.17, 15) is 49.7 Å². The molecule has 0 aliphatic carbocycles. The Labute approximate surface area is 245 Å². The standard InChI is InChI=1S/C23H16F2N8O9S2/c24-21-27-22(25)29-23(28-21)26-16-9-13(44(40,41)42)10-17(18(16)34)31-33-19(11-4-2-1-3-5-11)32-30-15-8-12(43(37,38)39)6-7-14(15)20(35)36/h1-10,31,34H,(H,35,36)(H,37,38,39)(H,40,41,42)(H,26,27,28,29)/b32-30?,33-19-. The molecule has 228 valence electrons. The van der Waals surface area contributed by atoms with E-state index < -0.39 is 82.5 Å². The molecular weight excluding hydrogens is 634 g/mol. The first kappa shape index (κ1) is 31.4. The number of nitrogens with zero attached hydrogens (tertiary/aromatic N) is 6. The summed E-state index contributed by atoms with van der Waals surface area (Å²) in [5, 5.41) is 34.0. The van der Waals surface area contributed by atoms with Gasteiger partial charge in [-0.3, -0.25) is 14.5 Å². The number of phenols is 1. The molecule has 0 spiro atoms. The number of anilines is 3. The van der Waals surface area contributed by atoms with Crippen LogP contribution in [0.25, 0.3) is 0 Å². The van der Waals surface area contributed by atoms with Crippen LogP contribution in [-0.4, -0.2) is 62.9 Å². The molecule has 4 rings (SSSR count). The summed E-state index contributed by atoms with van der Waals surface area (Å²) in [6.07, 6.45) is -3.08. The van der Waals surface area contributed by atoms with Crippen LogP contribution in [0.3, 0.4) is 0 Å². The Bertz CT molecular complexity index is 2030. The van der Waals surface area contributed by atoms with Crippen molar-refractivity contribution in [1.29, 1.82) is 0 Å². The Kier molecular flexibility index (Phi) is 8.84. The molecule has 6 N–H and O–H groups in total. The van der Waals surface area contributed by atoms with Crippen molar-refractivity contribution in [2.75, 3.05) is 10.7 Å². The van der Waals surface area contributed by atoms with Crippen LogP contribution in [0.15, 0.2) is 85.8 Å². The van der Waals surface area contributed by atoms with Gasteiger partial charge in [-0.15, -0.1) is 10.2 Å². The number of hydrazone groups is 1. The summed E-state index contributed by atoms with van der Waals surface area (Å²) >= 11 is 0. The van der Waals surface area contributed by atoms with Crippen molar-refractivity contribution in [2.45, 2.75) is 9.79 Å². The maximum Gasteiger partial charge on any atom is 0.337 e. The minimum atomic E-state index is -4.95. The lowest BCUT2D eigenvalue weighted by atomic mass is 10.2. The number of azo groups is 1. The minimum absolute atomic E-state index is 0.214. The molecule has 1 aromatic heterocycles. The topological polar surface area (TPSA) is 266 Å². The number of carboxylic acid groups (broad SMARTS) is 1. The van der Waals surface area contributed by atoms with Gasteiger partial charge in [-0.2, -0.15) is 45.7 Å². The van der Waals surface area contributed by atoms with Gasteiger partial charge in [0.1, 0.15) is 11.4 Å². The molecule has 44 heavy (non-hydrogen) atoms. The van der Waals surface area contributed by atoms with Crippen LogP contribution in [-0.2, 0) is 20.2 Å². The molecular formula is C23H16F2N8O9S2. The third-order valence-corrected chi connectivity index (χ3v) is 6.95. The monoisotopic (exact) mass is 650 g/mol. The summed E-state index contributed by atoms with van der Waals surface area (Å²) in [5.74, 6) is -3.46. The number of carbonyl (C=O) groups is 1. The van der Waals surface area contributed by atoms with E-state index in [0.717, 1.165) is 24.3 Å². The number of halogens is 2. The zero-order valence-corrected chi connectivity index (χ0v) is 23.0. The summed E-state index contributed by atoms with van der Waals surface area (Å²) < 4.78 is 92.7. The first-order chi connectivity index (χ1) is 20.6. The molecule has 0 atom stereocenters. The number of rotatable bonds is 9. The molecule has 21 heteroatoms. The maximum atomic E-state index is 13.4. The van der Waals surface area contributed by atoms with Crippen LogP contribution in [0.5, 0.6) is 5.75 Å². The summed E-state index contributed by atoms with van der Waals surface area (Å²) in [6, 6.07) is 11.5. The highest BCUT2D eigenvalue weighted by Gasteiger charge is 2.20. The maximum absolute atomic E-state index is 13.4. The number of benzene rings is 3. The highest BCUT2D eigenvalue weighted by Crippen LogP contribution is 2.37. The summed E-state index contributed by atoms with van der Waals surface area (Å²) in [6.45, 7) is 0. The smallest absolute Gasteiger partial charge is 0.337 e. The summed E-state index contributed by atoms with van der Waals surface area (Å²) in [7, 11) is -9.70. The predicted octanol–water partition coefficient (Wildman–Crippen LogP) is 3.35. The van der Waals surface area contributed by atoms with Crippen molar-refractivity contribution in [3.63, 3.8) is 0 Å². The Morgan fingerprint density at radius 2 is 1.43 bits per heavy atom. The normalized spacial score (nSPS) is 12.3. The lowest BCUT2D eigenvalue weighted by Crippen LogP contribution is -2.07. The Morgan fingerprint density at radius 1 is 0.818 bits per heavy atom. The van der Waals surface area contributed by atoms with Gasteiger partial charge in [-0.05, 0) is 30.3 Å². The number of nitrogens with one attached hydrogen (secondary N) is 2. The molecule has 0 bridgehead atoms. The second-order valence-electron chi connectivity index (χ2n) is 8.24. The Balaban J connectivity index is 1.81. The van der Waals surface area contributed by atoms with Crippen LogP contribution in [0.4, 0.5) is 31.8 Å². The van der Waals surface area contributed by atoms with Gasteiger partial charge in [0.15, 0.2) is 5.75 Å². The third kappa shape index (κ3) is 7.65. The van der Waals surface area contributed by atoms with E-state index in [1.165, 1.54) is 12.1 Å². The van der Waals surface area contributed by atoms with Gasteiger partial charge >= 0.3 is 18.1 Å². The van der Waals surface area contributed by atoms with Gasteiger partial charge in [0, 0.05) is 5.56 Å². The number of amidine groups is 1. The molecule has 0 fully saturated rings. The van der Waals surface area contributed by atoms with Crippen molar-refractivity contribution in [1.82, 2.24) is 15.0 Å². The van der Waals surface area contributed by atoms with Crippen molar-refractivity contribution in [3.05, 3.63) is 83.9 Å². The molecule has 0 saturated heterocycles. The van der Waals surface area contributed by atoms with Gasteiger partial charge < -0.3 is 15.5 Å². The van der Waals surface area contributed by atoms with E-state index >= 15 is 0 Å². The van der Waals surface area contributed by atoms with Crippen LogP contribution in [0.2, 0.25) is 0 Å². The third-order valence-electron chi connectivity index (χ3n) is 5.27. The molecule has 3 aromatic carbocycles. The zero-order chi connectivity index (χ0) is 32.2. The Hall–Kier alpha value is -5.51. The number of hydrogen-bond acceptors (Lipinski definition) is 13. The fourth-order valence-electron chi connectivity index (χ4n) is 3.32. The molecule has 1 heterocycles. The fourth-order valence-corrected chi connectivity index (χ4v) is 4.36. The van der Waals surface area contributed by atoms with Crippen molar-refractivity contribution in [3.8, 4) is 5.75 Å². The molecule has 0 aliphatic rings. The molecule has 0 aliphatic heterocycles. The van der Waals surface area contributed by atoms with E-state index in [-0.39, 0.29) is 11.4 Å². The van der Waals surface area contributed by atoms with Crippen molar-refractivity contribution in [2.24, 2.45) is 15.3 Å². The first-order valence-electron chi connectivity index (χ1n) is 11.5. The second-order valence-corrected chi connectivity index (χ2v) is 11.1. The highest BCUT2D eigenvalue weighted by molar-refractivity contribution is 7.86. The number of phenolic OH excluding ortho intramolecular Hbond substituents is 1. The number of carboxylic acids is 1. The fraction of sp³-hybridized carbons (Fsp3) is 0. The molecule has 0 radical (unpaired) electrons. The van der Waals surface area contributed by atoms with Crippen molar-refractivity contribution < 1.29 is 49.7 Å². The lowest BCUT2D eigenvalue weighted by molar-refractivity contribution is 0.0697. The highest BCUT2D eigenvalue weighted by atomic mass is 32.2. The van der Waals surface area contributed by atoms with Gasteiger partial charge in [0.2, 0.25) is 11.8 Å². The number of aromatic nitrogens is 3. The van der Waals surface area contributed by atoms with Gasteiger partial charge in [-0.25, -0.2) is 4.79 Å². The first-order valence-corrected chi connectivity index (χ1v) is 14.3. The summed E-state index contributed by atoms with van der Waals surface area (Å²) in [5.41, 5.74) is 0.412. The molecule has 0 saturated carbocycles. The SMILES string of the molecule is O=C(O)c1ccc(S(=O)(=O)O)cc1N=N/C(=N\Nc1cc(S(=O)(=O)O)cc(Nc2nc(F)nc(F)n2)c1O)c1ccccc1. The quantitative estimate of drug-likeness (QED) is 0.0379. The second kappa shape index (κ2) is 12.4. The van der Waals surface area contributed by atoms with Crippen LogP contribution in [0.1, 0.15) is 15.9 Å². The van der Waals surface area contributed by atoms with E-state index in [4.69, 9.17) is 0 Å². The van der Waals surface area contributed by atoms with E-state index in [2.05, 4.69) is 41.0 Å². The van der Waals surface area contributed by atoms with E-state index in [1.807, 2.05) is 0 Å². The largest absolute Gasteiger partial charge is 0.504 e. The zero-order valence-electron chi connectivity index (χ0n) is 21.4. The van der Waals surface area contributed by atoms with Crippen molar-refractivity contribution >= 4 is 55.1 Å². The number of hydrogen-bond donors (Lipinski definition) is 6. The average Bonchev–Trinajstić information content (AvgIpc) is 2.93. The predicted molar refractivity (Wildman–Crippen MR) is 145 cm³/mol. The molecule has 0 unspecified atom stereocenters. The van der Waals surface area contributed by atoms with Gasteiger partial charge in [0.25, 0.3) is 20.2 Å². The van der Waals surface area contributed by atoms with Crippen LogP contribution in [0, 0.1) is 12.2 Å². The van der Waals surface area contributed by atoms with Gasteiger partial charge in [0.05, 0.1) is 21.0 Å². The molecule has 0 amide bonds. The average molecular weight is 651 g/mol. The van der Waals surface area contributed by atoms with Crippen LogP contribution < -0.4 is 10.7 Å². The lowest BCUT2D eigenvalue weighted by Gasteiger charge is -2.13. The Morgan fingerprint density at radius 3 is 2.02 bits per heavy atom. The van der Waals surface area contributed by atoms with E-state index in [1.54, 1.807) is 18.2 Å².